The number of hydrogen-bond donors (Lipinski definition) is 0. The Kier molecular flexibility index (Phi) is 5.47. The molecule has 0 aliphatic carbocycles. The SMILES string of the molecule is C1=C\C=C/C=C/C=N\OO/C=C\C=C/1. The van der Waals surface area contributed by atoms with Crippen LogP contribution in [0.3, 0.4) is 0 Å². The van der Waals surface area contributed by atoms with E-state index in [1.54, 1.807) is 12.2 Å². The fourth-order valence-corrected chi connectivity index (χ4v) is 0.686. The Labute approximate surface area is 82.9 Å². The van der Waals surface area contributed by atoms with Crippen LogP contribution in [0.5, 0.6) is 0 Å². The molecular weight excluding hydrogens is 178 g/mol. The molecule has 0 bridgehead atoms. The first-order valence-electron chi connectivity index (χ1n) is 4.18. The summed E-state index contributed by atoms with van der Waals surface area (Å²) in [6.07, 6.45) is 19.5. The van der Waals surface area contributed by atoms with Gasteiger partial charge < -0.3 is 0 Å². The molecule has 3 nitrogen and oxygen atoms in total. The third-order valence-electron chi connectivity index (χ3n) is 1.26. The van der Waals surface area contributed by atoms with Crippen LogP contribution in [0.25, 0.3) is 0 Å². The predicted molar refractivity (Wildman–Crippen MR) is 56.4 cm³/mol. The lowest BCUT2D eigenvalue weighted by molar-refractivity contribution is -0.248. The normalized spacial score (nSPS) is 29.7. The molecule has 0 N–H and O–H groups in total. The van der Waals surface area contributed by atoms with Crippen LogP contribution < -0.4 is 0 Å². The third kappa shape index (κ3) is 5.60. The Morgan fingerprint density at radius 1 is 0.643 bits per heavy atom. The summed E-state index contributed by atoms with van der Waals surface area (Å²) in [6, 6.07) is 0. The summed E-state index contributed by atoms with van der Waals surface area (Å²) in [7, 11) is 0. The van der Waals surface area contributed by atoms with Crippen LogP contribution >= 0.6 is 0 Å². The summed E-state index contributed by atoms with van der Waals surface area (Å²) in [5.41, 5.74) is 0. The molecular formula is C11H11NO2. The minimum Gasteiger partial charge on any atom is -0.276 e. The van der Waals surface area contributed by atoms with Crippen molar-refractivity contribution in [1.29, 1.82) is 0 Å². The zero-order valence-electron chi connectivity index (χ0n) is 7.61. The molecule has 0 saturated heterocycles. The number of oxime groups is 1. The van der Waals surface area contributed by atoms with Crippen LogP contribution in [-0.2, 0) is 9.88 Å². The summed E-state index contributed by atoms with van der Waals surface area (Å²) >= 11 is 0. The Balaban J connectivity index is 2.56. The van der Waals surface area contributed by atoms with Gasteiger partial charge in [0.15, 0.2) is 0 Å². The first kappa shape index (κ1) is 10.1. The minimum absolute atomic E-state index is 1.40. The van der Waals surface area contributed by atoms with E-state index in [1.165, 1.54) is 12.5 Å². The van der Waals surface area contributed by atoms with Gasteiger partial charge in [-0.25, -0.2) is 0 Å². The third-order valence-corrected chi connectivity index (χ3v) is 1.26. The molecule has 1 aliphatic rings. The van der Waals surface area contributed by atoms with Crippen molar-refractivity contribution in [1.82, 2.24) is 0 Å². The van der Waals surface area contributed by atoms with E-state index in [0.29, 0.717) is 0 Å². The Morgan fingerprint density at radius 3 is 1.93 bits per heavy atom. The maximum Gasteiger partial charge on any atom is 0.145 e. The fraction of sp³-hybridized carbons (Fsp3) is 0. The molecule has 0 fully saturated rings. The molecule has 1 heterocycles. The molecule has 14 heavy (non-hydrogen) atoms. The molecule has 1 aliphatic heterocycles. The molecule has 72 valence electrons. The van der Waals surface area contributed by atoms with E-state index in [4.69, 9.17) is 0 Å². The van der Waals surface area contributed by atoms with E-state index in [-0.39, 0.29) is 0 Å². The molecule has 3 heteroatoms. The van der Waals surface area contributed by atoms with Crippen LogP contribution in [0.1, 0.15) is 0 Å². The van der Waals surface area contributed by atoms with Gasteiger partial charge in [-0.15, -0.1) is 0 Å². The number of hydrogen-bond acceptors (Lipinski definition) is 3. The van der Waals surface area contributed by atoms with E-state index >= 15 is 0 Å². The highest BCUT2D eigenvalue weighted by atomic mass is 17.3. The van der Waals surface area contributed by atoms with Gasteiger partial charge in [0.2, 0.25) is 0 Å². The fourth-order valence-electron chi connectivity index (χ4n) is 0.686. The Hall–Kier alpha value is -2.03. The van der Waals surface area contributed by atoms with Crippen molar-refractivity contribution in [2.24, 2.45) is 5.16 Å². The zero-order valence-corrected chi connectivity index (χ0v) is 7.61. The van der Waals surface area contributed by atoms with Gasteiger partial charge in [0.25, 0.3) is 0 Å². The van der Waals surface area contributed by atoms with E-state index in [9.17, 15) is 0 Å². The highest BCUT2D eigenvalue weighted by Gasteiger charge is 1.72. The van der Waals surface area contributed by atoms with Crippen LogP contribution in [-0.4, -0.2) is 6.21 Å². The minimum atomic E-state index is 1.40. The lowest BCUT2D eigenvalue weighted by atomic mass is 10.4. The molecule has 0 atom stereocenters. The van der Waals surface area contributed by atoms with Gasteiger partial charge in [0.05, 0.1) is 6.21 Å². The van der Waals surface area contributed by atoms with Crippen LogP contribution in [0.2, 0.25) is 0 Å². The average molecular weight is 189 g/mol. The van der Waals surface area contributed by atoms with Gasteiger partial charge in [-0.05, 0) is 17.3 Å². The van der Waals surface area contributed by atoms with Crippen molar-refractivity contribution in [2.75, 3.05) is 0 Å². The summed E-state index contributed by atoms with van der Waals surface area (Å²) in [4.78, 5) is 9.01. The molecule has 0 unspecified atom stereocenters. The van der Waals surface area contributed by atoms with E-state index in [0.717, 1.165) is 0 Å². The first-order chi connectivity index (χ1) is 7.00. The van der Waals surface area contributed by atoms with Crippen LogP contribution in [0, 0.1) is 0 Å². The molecule has 0 amide bonds. The number of rotatable bonds is 0. The number of allylic oxidation sites excluding steroid dienone is 9. The monoisotopic (exact) mass is 189 g/mol. The van der Waals surface area contributed by atoms with Gasteiger partial charge in [-0.2, -0.15) is 4.99 Å². The molecule has 0 radical (unpaired) electrons. The molecule has 0 aromatic carbocycles. The standard InChI is InChI=1S/C11H11NO2/c1-2-4-6-8-10-12-14-13-11-9-7-5-3-1/h1-11H/b3-1-,4-2-,7-5-,8-6+,11-9-,12-10-. The lowest BCUT2D eigenvalue weighted by Gasteiger charge is -1.89. The van der Waals surface area contributed by atoms with E-state index in [1.807, 2.05) is 42.5 Å². The Bertz CT molecular complexity index is 277. The average Bonchev–Trinajstić information content (AvgIpc) is 2.22. The van der Waals surface area contributed by atoms with Crippen LogP contribution in [0.15, 0.2) is 66.1 Å². The van der Waals surface area contributed by atoms with E-state index < -0.39 is 0 Å². The smallest absolute Gasteiger partial charge is 0.145 e. The molecule has 0 aromatic heterocycles. The Morgan fingerprint density at radius 2 is 1.21 bits per heavy atom. The van der Waals surface area contributed by atoms with Crippen molar-refractivity contribution < 1.29 is 9.88 Å². The van der Waals surface area contributed by atoms with E-state index in [2.05, 4.69) is 15.0 Å². The predicted octanol–water partition coefficient (Wildman–Crippen LogP) is 2.67. The van der Waals surface area contributed by atoms with Crippen molar-refractivity contribution in [3.63, 3.8) is 0 Å². The molecule has 0 spiro atoms. The summed E-state index contributed by atoms with van der Waals surface area (Å²) < 4.78 is 0. The van der Waals surface area contributed by atoms with Crippen LogP contribution in [0.4, 0.5) is 0 Å². The maximum absolute atomic E-state index is 4.57. The van der Waals surface area contributed by atoms with Gasteiger partial charge in [-0.3, -0.25) is 4.89 Å². The summed E-state index contributed by atoms with van der Waals surface area (Å²) in [5.74, 6) is 0. The lowest BCUT2D eigenvalue weighted by Crippen LogP contribution is -1.77. The maximum atomic E-state index is 4.57. The van der Waals surface area contributed by atoms with Crippen molar-refractivity contribution in [2.45, 2.75) is 0 Å². The second-order valence-corrected chi connectivity index (χ2v) is 2.29. The number of nitrogens with zero attached hydrogens (tertiary/aromatic N) is 1. The van der Waals surface area contributed by atoms with Gasteiger partial charge in [0, 0.05) is 0 Å². The second kappa shape index (κ2) is 7.61. The van der Waals surface area contributed by atoms with Gasteiger partial charge in [0.1, 0.15) is 6.26 Å². The quantitative estimate of drug-likeness (QED) is 0.548. The highest BCUT2D eigenvalue weighted by Crippen LogP contribution is 1.87. The van der Waals surface area contributed by atoms with Crippen molar-refractivity contribution in [3.05, 3.63) is 60.9 Å². The van der Waals surface area contributed by atoms with Gasteiger partial charge in [-0.1, -0.05) is 42.5 Å². The van der Waals surface area contributed by atoms with Crippen molar-refractivity contribution >= 4 is 6.21 Å². The summed E-state index contributed by atoms with van der Waals surface area (Å²) in [6.45, 7) is 0. The largest absolute Gasteiger partial charge is 0.276 e. The topological polar surface area (TPSA) is 30.8 Å². The van der Waals surface area contributed by atoms with Crippen molar-refractivity contribution in [3.8, 4) is 0 Å². The molecule has 0 saturated carbocycles. The summed E-state index contributed by atoms with van der Waals surface area (Å²) in [5, 5.41) is 3.50. The first-order valence-corrected chi connectivity index (χ1v) is 4.18. The second-order valence-electron chi connectivity index (χ2n) is 2.29. The highest BCUT2D eigenvalue weighted by molar-refractivity contribution is 5.70. The molecule has 1 rings (SSSR count). The molecule has 0 aromatic rings. The van der Waals surface area contributed by atoms with Gasteiger partial charge >= 0.3 is 0 Å². The zero-order chi connectivity index (χ0) is 9.90.